The van der Waals surface area contributed by atoms with Crippen molar-refractivity contribution in [3.8, 4) is 0 Å². The first-order valence-corrected chi connectivity index (χ1v) is 9.81. The van der Waals surface area contributed by atoms with Gasteiger partial charge in [-0.1, -0.05) is 37.5 Å². The average molecular weight is 349 g/mol. The second-order valence-corrected chi connectivity index (χ2v) is 8.12. The van der Waals surface area contributed by atoms with E-state index in [2.05, 4.69) is 22.4 Å². The first-order chi connectivity index (χ1) is 10.5. The van der Waals surface area contributed by atoms with Gasteiger partial charge in [0.15, 0.2) is 0 Å². The number of hydrogen-bond acceptors (Lipinski definition) is 7. The highest BCUT2D eigenvalue weighted by Gasteiger charge is 2.22. The van der Waals surface area contributed by atoms with Crippen LogP contribution in [-0.4, -0.2) is 50.5 Å². The predicted molar refractivity (Wildman–Crippen MR) is 84.9 cm³/mol. The number of carbonyl (C=O) groups is 1. The quantitative estimate of drug-likeness (QED) is 0.610. The van der Waals surface area contributed by atoms with Gasteiger partial charge in [0.05, 0.1) is 5.75 Å². The molecule has 1 aromatic heterocycles. The highest BCUT2D eigenvalue weighted by Crippen LogP contribution is 2.18. The smallest absolute Gasteiger partial charge is 0.282 e. The lowest BCUT2D eigenvalue weighted by Crippen LogP contribution is -2.25. The molecule has 9 heteroatoms. The molecule has 1 N–H and O–H groups in total. The number of rotatable bonds is 11. The molecule has 126 valence electrons. The second-order valence-electron chi connectivity index (χ2n) is 4.85. The van der Waals surface area contributed by atoms with E-state index in [9.17, 15) is 13.2 Å². The van der Waals surface area contributed by atoms with Crippen molar-refractivity contribution in [3.63, 3.8) is 0 Å². The number of carbonyl (C=O) groups excluding carboxylic acids is 1. The number of sulfone groups is 1. The molecule has 0 bridgehead atoms. The van der Waals surface area contributed by atoms with Crippen molar-refractivity contribution in [3.05, 3.63) is 5.01 Å². The van der Waals surface area contributed by atoms with Crippen molar-refractivity contribution in [1.82, 2.24) is 15.5 Å². The molecule has 0 atom stereocenters. The minimum atomic E-state index is -3.44. The lowest BCUT2D eigenvalue weighted by molar-refractivity contribution is 0.0947. The van der Waals surface area contributed by atoms with Gasteiger partial charge in [0.1, 0.15) is 0 Å². The van der Waals surface area contributed by atoms with E-state index in [4.69, 9.17) is 4.74 Å². The normalized spacial score (nSPS) is 11.5. The monoisotopic (exact) mass is 349 g/mol. The number of hydrogen-bond donors (Lipinski definition) is 1. The molecule has 0 radical (unpaired) electrons. The van der Waals surface area contributed by atoms with Crippen molar-refractivity contribution >= 4 is 27.1 Å². The van der Waals surface area contributed by atoms with Crippen LogP contribution in [-0.2, 0) is 14.6 Å². The van der Waals surface area contributed by atoms with Gasteiger partial charge in [-0.2, -0.15) is 0 Å². The lowest BCUT2D eigenvalue weighted by atomic mass is 10.2. The molecule has 0 saturated carbocycles. The third-order valence-corrected chi connectivity index (χ3v) is 6.11. The summed E-state index contributed by atoms with van der Waals surface area (Å²) in [6.07, 6.45) is 4.23. The molecule has 1 heterocycles. The molecule has 1 amide bonds. The lowest BCUT2D eigenvalue weighted by Gasteiger charge is -2.01. The molecule has 0 saturated heterocycles. The summed E-state index contributed by atoms with van der Waals surface area (Å²) in [4.78, 5) is 11.8. The van der Waals surface area contributed by atoms with Gasteiger partial charge in [0.25, 0.3) is 5.91 Å². The summed E-state index contributed by atoms with van der Waals surface area (Å²) < 4.78 is 29.0. The van der Waals surface area contributed by atoms with Crippen LogP contribution in [0.1, 0.15) is 48.8 Å². The summed E-state index contributed by atoms with van der Waals surface area (Å²) in [5.41, 5.74) is 0. The van der Waals surface area contributed by atoms with Crippen LogP contribution < -0.4 is 5.32 Å². The molecule has 0 unspecified atom stereocenters. The fraction of sp³-hybridized carbons (Fsp3) is 0.769. The highest BCUT2D eigenvalue weighted by atomic mass is 32.2. The third-order valence-electron chi connectivity index (χ3n) is 2.94. The zero-order valence-electron chi connectivity index (χ0n) is 13.0. The van der Waals surface area contributed by atoms with E-state index in [1.807, 2.05) is 0 Å². The maximum atomic E-state index is 12.1. The Morgan fingerprint density at radius 3 is 2.68 bits per heavy atom. The van der Waals surface area contributed by atoms with Gasteiger partial charge >= 0.3 is 0 Å². The number of ether oxygens (including phenoxy) is 1. The SMILES string of the molecule is CCCCCCS(=O)(=O)c1nnc(C(=O)NCCCOC)s1. The number of methoxy groups -OCH3 is 1. The largest absolute Gasteiger partial charge is 0.385 e. The summed E-state index contributed by atoms with van der Waals surface area (Å²) in [7, 11) is -1.85. The van der Waals surface area contributed by atoms with Crippen LogP contribution in [0.15, 0.2) is 4.34 Å². The topological polar surface area (TPSA) is 98.3 Å². The van der Waals surface area contributed by atoms with E-state index in [-0.39, 0.29) is 15.1 Å². The van der Waals surface area contributed by atoms with Crippen LogP contribution >= 0.6 is 11.3 Å². The van der Waals surface area contributed by atoms with Crippen molar-refractivity contribution in [2.24, 2.45) is 0 Å². The van der Waals surface area contributed by atoms with Gasteiger partial charge in [-0.3, -0.25) is 4.79 Å². The molecule has 7 nitrogen and oxygen atoms in total. The van der Waals surface area contributed by atoms with Crippen molar-refractivity contribution in [1.29, 1.82) is 0 Å². The first kappa shape index (κ1) is 19.0. The number of nitrogens with one attached hydrogen (secondary N) is 1. The van der Waals surface area contributed by atoms with Gasteiger partial charge in [0, 0.05) is 20.3 Å². The van der Waals surface area contributed by atoms with Gasteiger partial charge in [-0.25, -0.2) is 8.42 Å². The Kier molecular flexibility index (Phi) is 8.51. The van der Waals surface area contributed by atoms with Crippen molar-refractivity contribution in [2.45, 2.75) is 43.4 Å². The maximum absolute atomic E-state index is 12.1. The number of nitrogens with zero attached hydrogens (tertiary/aromatic N) is 2. The summed E-state index contributed by atoms with van der Waals surface area (Å²) in [5, 5.41) is 10.0. The fourth-order valence-electron chi connectivity index (χ4n) is 1.73. The Labute approximate surface area is 135 Å². The van der Waals surface area contributed by atoms with Gasteiger partial charge < -0.3 is 10.1 Å². The minimum Gasteiger partial charge on any atom is -0.385 e. The van der Waals surface area contributed by atoms with Crippen LogP contribution in [0.2, 0.25) is 0 Å². The standard InChI is InChI=1S/C13H23N3O4S2/c1-3-4-5-6-10-22(18,19)13-16-15-12(21-13)11(17)14-8-7-9-20-2/h3-10H2,1-2H3,(H,14,17). The summed E-state index contributed by atoms with van der Waals surface area (Å²) in [6.45, 7) is 3.07. The van der Waals surface area contributed by atoms with Crippen LogP contribution in [0.5, 0.6) is 0 Å². The first-order valence-electron chi connectivity index (χ1n) is 7.34. The zero-order valence-corrected chi connectivity index (χ0v) is 14.6. The van der Waals surface area contributed by atoms with E-state index in [0.717, 1.165) is 30.6 Å². The van der Waals surface area contributed by atoms with Crippen molar-refractivity contribution in [2.75, 3.05) is 26.0 Å². The number of aromatic nitrogens is 2. The van der Waals surface area contributed by atoms with Crippen molar-refractivity contribution < 1.29 is 17.9 Å². The van der Waals surface area contributed by atoms with Crippen LogP contribution in [0.3, 0.4) is 0 Å². The summed E-state index contributed by atoms with van der Waals surface area (Å²) in [5.74, 6) is -0.349. The van der Waals surface area contributed by atoms with Gasteiger partial charge in [-0.15, -0.1) is 10.2 Å². The summed E-state index contributed by atoms with van der Waals surface area (Å²) in [6, 6.07) is 0. The molecule has 1 aromatic rings. The van der Waals surface area contributed by atoms with Gasteiger partial charge in [-0.05, 0) is 12.8 Å². The second kappa shape index (κ2) is 9.86. The maximum Gasteiger partial charge on any atom is 0.282 e. The molecule has 0 aliphatic rings. The molecule has 1 rings (SSSR count). The Hall–Kier alpha value is -1.06. The van der Waals surface area contributed by atoms with Crippen LogP contribution in [0, 0.1) is 0 Å². The van der Waals surface area contributed by atoms with Crippen LogP contribution in [0.4, 0.5) is 0 Å². The van der Waals surface area contributed by atoms with E-state index in [1.165, 1.54) is 0 Å². The number of unbranched alkanes of at least 4 members (excludes halogenated alkanes) is 3. The number of amides is 1. The Balaban J connectivity index is 2.53. The molecule has 0 aliphatic heterocycles. The van der Waals surface area contributed by atoms with E-state index >= 15 is 0 Å². The minimum absolute atomic E-state index is 0.0527. The highest BCUT2D eigenvalue weighted by molar-refractivity contribution is 7.93. The third kappa shape index (κ3) is 6.37. The Morgan fingerprint density at radius 1 is 1.23 bits per heavy atom. The molecular weight excluding hydrogens is 326 g/mol. The van der Waals surface area contributed by atoms with E-state index in [1.54, 1.807) is 7.11 Å². The Morgan fingerprint density at radius 2 is 2.00 bits per heavy atom. The summed E-state index contributed by atoms with van der Waals surface area (Å²) >= 11 is 0.822. The van der Waals surface area contributed by atoms with E-state index in [0.29, 0.717) is 26.0 Å². The molecule has 0 aromatic carbocycles. The molecule has 0 spiro atoms. The van der Waals surface area contributed by atoms with E-state index < -0.39 is 15.7 Å². The van der Waals surface area contributed by atoms with Gasteiger partial charge in [0.2, 0.25) is 19.2 Å². The zero-order chi connectivity index (χ0) is 16.4. The van der Waals surface area contributed by atoms with Crippen LogP contribution in [0.25, 0.3) is 0 Å². The Bertz CT molecular complexity index is 557. The average Bonchev–Trinajstić information content (AvgIpc) is 2.99. The molecule has 0 aliphatic carbocycles. The molecular formula is C13H23N3O4S2. The fourth-order valence-corrected chi connectivity index (χ4v) is 4.14. The molecule has 22 heavy (non-hydrogen) atoms. The molecule has 0 fully saturated rings. The predicted octanol–water partition coefficient (Wildman–Crippen LogP) is 1.66.